The molecule has 0 saturated heterocycles. The van der Waals surface area contributed by atoms with Crippen LogP contribution in [0.15, 0.2) is 24.3 Å². The molecule has 4 saturated carbocycles. The molecule has 2 atom stereocenters. The fraction of sp³-hybridized carbons (Fsp3) is 0.632. The van der Waals surface area contributed by atoms with Crippen LogP contribution in [0.1, 0.15) is 62.7 Å². The molecule has 1 N–H and O–H groups in total. The number of carbonyl (C=O) groups excluding carboxylic acids is 1. The van der Waals surface area contributed by atoms with Crippen molar-refractivity contribution in [1.29, 1.82) is 0 Å². The average Bonchev–Trinajstić information content (AvgIpc) is 2.34. The van der Waals surface area contributed by atoms with Gasteiger partial charge in [-0.25, -0.2) is 4.39 Å². The molecule has 5 rings (SSSR count). The molecule has 4 fully saturated rings. The van der Waals surface area contributed by atoms with E-state index in [9.17, 15) is 9.18 Å². The van der Waals surface area contributed by atoms with Gasteiger partial charge in [0, 0.05) is 11.1 Å². The lowest BCUT2D eigenvalue weighted by Gasteiger charge is -2.65. The Hall–Kier alpha value is -1.38. The summed E-state index contributed by atoms with van der Waals surface area (Å²) in [6.45, 7) is 4.79. The first-order valence-corrected chi connectivity index (χ1v) is 8.37. The smallest absolute Gasteiger partial charge is 0.251 e. The van der Waals surface area contributed by atoms with E-state index in [4.69, 9.17) is 0 Å². The van der Waals surface area contributed by atoms with Crippen molar-refractivity contribution in [1.82, 2.24) is 5.32 Å². The van der Waals surface area contributed by atoms with Crippen LogP contribution in [0.25, 0.3) is 0 Å². The monoisotopic (exact) mass is 301 g/mol. The Labute approximate surface area is 131 Å². The quantitative estimate of drug-likeness (QED) is 0.866. The summed E-state index contributed by atoms with van der Waals surface area (Å²) >= 11 is 0. The van der Waals surface area contributed by atoms with Crippen LogP contribution >= 0.6 is 0 Å². The van der Waals surface area contributed by atoms with Crippen molar-refractivity contribution in [3.8, 4) is 0 Å². The van der Waals surface area contributed by atoms with Crippen molar-refractivity contribution in [3.05, 3.63) is 35.6 Å². The topological polar surface area (TPSA) is 29.1 Å². The van der Waals surface area contributed by atoms with Gasteiger partial charge >= 0.3 is 0 Å². The highest BCUT2D eigenvalue weighted by atomic mass is 19.1. The molecule has 3 heteroatoms. The van der Waals surface area contributed by atoms with Gasteiger partial charge in [0.1, 0.15) is 5.82 Å². The average molecular weight is 301 g/mol. The number of benzene rings is 1. The van der Waals surface area contributed by atoms with Gasteiger partial charge in [-0.1, -0.05) is 13.8 Å². The number of rotatable bonds is 2. The molecule has 0 aliphatic heterocycles. The maximum Gasteiger partial charge on any atom is 0.251 e. The SMILES string of the molecule is C[C@]12CC3CC(NC(=O)c4ccc(F)cc4)(C1)C[C@](C)(C3)C2. The van der Waals surface area contributed by atoms with E-state index in [1.807, 2.05) is 0 Å². The van der Waals surface area contributed by atoms with Crippen molar-refractivity contribution in [3.63, 3.8) is 0 Å². The van der Waals surface area contributed by atoms with Crippen molar-refractivity contribution >= 4 is 5.91 Å². The van der Waals surface area contributed by atoms with Crippen LogP contribution in [0.3, 0.4) is 0 Å². The Kier molecular flexibility index (Phi) is 2.80. The largest absolute Gasteiger partial charge is 0.347 e. The van der Waals surface area contributed by atoms with E-state index in [1.165, 1.54) is 31.4 Å². The van der Waals surface area contributed by atoms with Crippen molar-refractivity contribution in [2.45, 2.75) is 57.9 Å². The Morgan fingerprint density at radius 1 is 1.05 bits per heavy atom. The Bertz CT molecular complexity index is 605. The summed E-state index contributed by atoms with van der Waals surface area (Å²) in [6, 6.07) is 5.87. The lowest BCUT2D eigenvalue weighted by molar-refractivity contribution is -0.114. The highest BCUT2D eigenvalue weighted by Crippen LogP contribution is 2.66. The highest BCUT2D eigenvalue weighted by molar-refractivity contribution is 5.94. The van der Waals surface area contributed by atoms with Crippen LogP contribution in [0.4, 0.5) is 4.39 Å². The second kappa shape index (κ2) is 4.33. The fourth-order valence-electron chi connectivity index (χ4n) is 6.50. The van der Waals surface area contributed by atoms with Gasteiger partial charge in [0.25, 0.3) is 5.91 Å². The molecule has 2 nitrogen and oxygen atoms in total. The molecule has 0 heterocycles. The molecule has 0 radical (unpaired) electrons. The molecule has 1 aromatic rings. The molecule has 1 aromatic carbocycles. The summed E-state index contributed by atoms with van der Waals surface area (Å²) < 4.78 is 13.0. The summed E-state index contributed by atoms with van der Waals surface area (Å²) in [5.41, 5.74) is 1.27. The zero-order valence-electron chi connectivity index (χ0n) is 13.4. The molecule has 4 aliphatic rings. The van der Waals surface area contributed by atoms with E-state index in [1.54, 1.807) is 12.1 Å². The summed E-state index contributed by atoms with van der Waals surface area (Å²) in [5.74, 6) is 0.403. The molecule has 4 aliphatic carbocycles. The van der Waals surface area contributed by atoms with Crippen LogP contribution in [0.2, 0.25) is 0 Å². The van der Waals surface area contributed by atoms with E-state index in [2.05, 4.69) is 19.2 Å². The molecule has 0 aromatic heterocycles. The Morgan fingerprint density at radius 2 is 1.64 bits per heavy atom. The summed E-state index contributed by atoms with van der Waals surface area (Å²) in [5, 5.41) is 3.35. The van der Waals surface area contributed by atoms with Gasteiger partial charge in [-0.15, -0.1) is 0 Å². The maximum atomic E-state index is 13.0. The summed E-state index contributed by atoms with van der Waals surface area (Å²) in [4.78, 5) is 12.6. The third kappa shape index (κ3) is 2.26. The predicted octanol–water partition coefficient (Wildman–Crippen LogP) is 4.30. The molecular formula is C19H24FNO. The van der Waals surface area contributed by atoms with Gasteiger partial charge in [0.15, 0.2) is 0 Å². The van der Waals surface area contributed by atoms with E-state index in [0.717, 1.165) is 25.2 Å². The Balaban J connectivity index is 1.60. The molecule has 4 bridgehead atoms. The lowest BCUT2D eigenvalue weighted by atomic mass is 9.43. The molecule has 0 unspecified atom stereocenters. The minimum Gasteiger partial charge on any atom is -0.347 e. The van der Waals surface area contributed by atoms with Crippen LogP contribution in [-0.4, -0.2) is 11.4 Å². The van der Waals surface area contributed by atoms with Gasteiger partial charge in [0.2, 0.25) is 0 Å². The van der Waals surface area contributed by atoms with Gasteiger partial charge in [0.05, 0.1) is 0 Å². The van der Waals surface area contributed by atoms with Gasteiger partial charge < -0.3 is 5.32 Å². The number of nitrogens with one attached hydrogen (secondary N) is 1. The predicted molar refractivity (Wildman–Crippen MR) is 84.0 cm³/mol. The van der Waals surface area contributed by atoms with Gasteiger partial charge in [-0.3, -0.25) is 4.79 Å². The normalized spacial score (nSPS) is 42.4. The first-order valence-electron chi connectivity index (χ1n) is 8.37. The zero-order chi connectivity index (χ0) is 15.6. The number of carbonyl (C=O) groups is 1. The van der Waals surface area contributed by atoms with Crippen LogP contribution in [-0.2, 0) is 0 Å². The number of amides is 1. The fourth-order valence-corrected chi connectivity index (χ4v) is 6.50. The summed E-state index contributed by atoms with van der Waals surface area (Å²) in [6.07, 6.45) is 7.24. The van der Waals surface area contributed by atoms with E-state index < -0.39 is 0 Å². The number of halogens is 1. The highest BCUT2D eigenvalue weighted by Gasteiger charge is 2.60. The van der Waals surface area contributed by atoms with Crippen molar-refractivity contribution in [2.24, 2.45) is 16.7 Å². The first-order chi connectivity index (χ1) is 10.3. The number of hydrogen-bond donors (Lipinski definition) is 1. The molecular weight excluding hydrogens is 277 g/mol. The van der Waals surface area contributed by atoms with Crippen molar-refractivity contribution < 1.29 is 9.18 Å². The number of hydrogen-bond acceptors (Lipinski definition) is 1. The third-order valence-electron chi connectivity index (χ3n) is 6.11. The van der Waals surface area contributed by atoms with Crippen LogP contribution in [0.5, 0.6) is 0 Å². The van der Waals surface area contributed by atoms with Crippen LogP contribution < -0.4 is 5.32 Å². The molecule has 1 amide bonds. The van der Waals surface area contributed by atoms with E-state index in [-0.39, 0.29) is 17.3 Å². The second-order valence-electron chi connectivity index (χ2n) is 8.87. The lowest BCUT2D eigenvalue weighted by Crippen LogP contribution is -2.65. The minimum atomic E-state index is -0.300. The molecule has 118 valence electrons. The van der Waals surface area contributed by atoms with E-state index in [0.29, 0.717) is 16.4 Å². The van der Waals surface area contributed by atoms with Crippen LogP contribution in [0, 0.1) is 22.6 Å². The second-order valence-corrected chi connectivity index (χ2v) is 8.87. The standard InChI is InChI=1S/C19H24FNO/c1-17-7-13-8-18(2,10-17)12-19(9-13,11-17)21-16(22)14-3-5-15(20)6-4-14/h3-6,13H,7-12H2,1-2H3,(H,21,22)/t13?,17-,18-,19?/m1/s1. The maximum absolute atomic E-state index is 13.0. The van der Waals surface area contributed by atoms with Crippen molar-refractivity contribution in [2.75, 3.05) is 0 Å². The Morgan fingerprint density at radius 3 is 2.18 bits per heavy atom. The molecule has 22 heavy (non-hydrogen) atoms. The zero-order valence-corrected chi connectivity index (χ0v) is 13.4. The molecule has 0 spiro atoms. The van der Waals surface area contributed by atoms with Gasteiger partial charge in [-0.2, -0.15) is 0 Å². The third-order valence-corrected chi connectivity index (χ3v) is 6.11. The summed E-state index contributed by atoms with van der Waals surface area (Å²) in [7, 11) is 0. The van der Waals surface area contributed by atoms with Gasteiger partial charge in [-0.05, 0) is 79.5 Å². The minimum absolute atomic E-state index is 0.0471. The first kappa shape index (κ1) is 14.2. The van der Waals surface area contributed by atoms with E-state index >= 15 is 0 Å².